The van der Waals surface area contributed by atoms with E-state index in [9.17, 15) is 14.7 Å². The molecule has 3 aromatic rings. The molecule has 0 unspecified atom stereocenters. The van der Waals surface area contributed by atoms with Gasteiger partial charge in [0.05, 0.1) is 0 Å². The minimum atomic E-state index is -0.492. The van der Waals surface area contributed by atoms with Gasteiger partial charge in [-0.25, -0.2) is 0 Å². The second-order valence-corrected chi connectivity index (χ2v) is 5.67. The van der Waals surface area contributed by atoms with Gasteiger partial charge in [0.15, 0.2) is 0 Å². The molecule has 0 spiro atoms. The Labute approximate surface area is 156 Å². The average Bonchev–Trinajstić information content (AvgIpc) is 2.70. The molecule has 0 bridgehead atoms. The largest absolute Gasteiger partial charge is 0.508 e. The van der Waals surface area contributed by atoms with Gasteiger partial charge in [-0.2, -0.15) is 0 Å². The number of nitrogens with one attached hydrogen (secondary N) is 2. The number of hydrogen-bond donors (Lipinski definition) is 3. The van der Waals surface area contributed by atoms with Crippen LogP contribution in [0.2, 0.25) is 0 Å². The van der Waals surface area contributed by atoms with Crippen molar-refractivity contribution in [1.82, 2.24) is 10.3 Å². The number of phenols is 1. The highest BCUT2D eigenvalue weighted by Gasteiger charge is 2.15. The molecule has 2 amide bonds. The molecule has 0 aliphatic heterocycles. The fraction of sp³-hybridized carbons (Fsp3) is 0. The van der Waals surface area contributed by atoms with Crippen LogP contribution in [-0.4, -0.2) is 21.9 Å². The van der Waals surface area contributed by atoms with Gasteiger partial charge in [0, 0.05) is 23.6 Å². The molecule has 3 rings (SSSR count). The van der Waals surface area contributed by atoms with Crippen LogP contribution in [-0.2, 0) is 4.79 Å². The van der Waals surface area contributed by atoms with Gasteiger partial charge in [-0.1, -0.05) is 24.3 Å². The summed E-state index contributed by atoms with van der Waals surface area (Å²) in [5.41, 5.74) is 1.67. The third-order valence-electron chi connectivity index (χ3n) is 3.65. The quantitative estimate of drug-likeness (QED) is 0.482. The molecule has 0 radical (unpaired) electrons. The summed E-state index contributed by atoms with van der Waals surface area (Å²) in [6, 6.07) is 18.2. The summed E-state index contributed by atoms with van der Waals surface area (Å²) >= 11 is 0. The van der Waals surface area contributed by atoms with E-state index in [0.29, 0.717) is 16.8 Å². The highest BCUT2D eigenvalue weighted by atomic mass is 16.3. The molecule has 2 aromatic carbocycles. The summed E-state index contributed by atoms with van der Waals surface area (Å²) in [7, 11) is 0. The Balaban J connectivity index is 1.85. The Morgan fingerprint density at radius 2 is 1.67 bits per heavy atom. The second-order valence-electron chi connectivity index (χ2n) is 5.67. The van der Waals surface area contributed by atoms with E-state index in [1.54, 1.807) is 73.1 Å². The molecule has 1 aromatic heterocycles. The van der Waals surface area contributed by atoms with E-state index < -0.39 is 11.8 Å². The lowest BCUT2D eigenvalue weighted by Crippen LogP contribution is -2.30. The van der Waals surface area contributed by atoms with Crippen LogP contribution in [0.3, 0.4) is 0 Å². The number of aromatic hydroxyl groups is 1. The molecule has 6 heteroatoms. The van der Waals surface area contributed by atoms with Crippen LogP contribution >= 0.6 is 0 Å². The summed E-state index contributed by atoms with van der Waals surface area (Å²) < 4.78 is 0. The number of aromatic nitrogens is 1. The van der Waals surface area contributed by atoms with E-state index in [0.717, 1.165) is 0 Å². The monoisotopic (exact) mass is 359 g/mol. The number of anilines is 1. The Morgan fingerprint density at radius 3 is 2.33 bits per heavy atom. The lowest BCUT2D eigenvalue weighted by atomic mass is 10.2. The van der Waals surface area contributed by atoms with Gasteiger partial charge in [0.25, 0.3) is 11.8 Å². The first-order chi connectivity index (χ1) is 13.1. The number of rotatable bonds is 5. The van der Waals surface area contributed by atoms with E-state index in [1.165, 1.54) is 12.1 Å². The maximum atomic E-state index is 12.7. The van der Waals surface area contributed by atoms with Crippen molar-refractivity contribution in [3.05, 3.63) is 95.9 Å². The molecular weight excluding hydrogens is 342 g/mol. The summed E-state index contributed by atoms with van der Waals surface area (Å²) in [6.07, 6.45) is 4.75. The first kappa shape index (κ1) is 17.9. The van der Waals surface area contributed by atoms with Gasteiger partial charge in [-0.05, 0) is 54.1 Å². The highest BCUT2D eigenvalue weighted by molar-refractivity contribution is 6.10. The van der Waals surface area contributed by atoms with E-state index in [2.05, 4.69) is 15.6 Å². The van der Waals surface area contributed by atoms with Crippen molar-refractivity contribution in [3.8, 4) is 5.75 Å². The van der Waals surface area contributed by atoms with E-state index in [-0.39, 0.29) is 11.4 Å². The van der Waals surface area contributed by atoms with Gasteiger partial charge < -0.3 is 15.7 Å². The fourth-order valence-electron chi connectivity index (χ4n) is 2.31. The molecule has 0 aliphatic carbocycles. The number of carbonyl (C=O) groups excluding carboxylic acids is 2. The lowest BCUT2D eigenvalue weighted by Gasteiger charge is -2.11. The number of phenolic OH excluding ortho intramolecular Hbond substituents is 1. The fourth-order valence-corrected chi connectivity index (χ4v) is 2.31. The summed E-state index contributed by atoms with van der Waals surface area (Å²) in [5, 5.41) is 14.7. The molecule has 3 N–H and O–H groups in total. The maximum absolute atomic E-state index is 12.7. The first-order valence-corrected chi connectivity index (χ1v) is 8.20. The Kier molecular flexibility index (Phi) is 5.59. The molecule has 0 saturated heterocycles. The first-order valence-electron chi connectivity index (χ1n) is 8.20. The van der Waals surface area contributed by atoms with Crippen LogP contribution in [0.4, 0.5) is 5.69 Å². The summed E-state index contributed by atoms with van der Waals surface area (Å²) in [6.45, 7) is 0. The van der Waals surface area contributed by atoms with Gasteiger partial charge in [0.2, 0.25) is 0 Å². The lowest BCUT2D eigenvalue weighted by molar-refractivity contribution is -0.113. The summed E-state index contributed by atoms with van der Waals surface area (Å²) in [4.78, 5) is 29.2. The number of hydrogen-bond acceptors (Lipinski definition) is 4. The third kappa shape index (κ3) is 5.02. The van der Waals surface area contributed by atoms with Crippen molar-refractivity contribution < 1.29 is 14.7 Å². The van der Waals surface area contributed by atoms with Gasteiger partial charge in [-0.15, -0.1) is 0 Å². The van der Waals surface area contributed by atoms with Crippen LogP contribution in [0.15, 0.2) is 84.8 Å². The van der Waals surface area contributed by atoms with Crippen LogP contribution < -0.4 is 10.6 Å². The predicted octanol–water partition coefficient (Wildman–Crippen LogP) is 3.20. The molecule has 134 valence electrons. The summed E-state index contributed by atoms with van der Waals surface area (Å²) in [5.74, 6) is -0.795. The second kappa shape index (κ2) is 8.44. The minimum absolute atomic E-state index is 0.0740. The predicted molar refractivity (Wildman–Crippen MR) is 103 cm³/mol. The zero-order chi connectivity index (χ0) is 19.1. The van der Waals surface area contributed by atoms with Crippen molar-refractivity contribution in [2.45, 2.75) is 0 Å². The molecule has 0 fully saturated rings. The van der Waals surface area contributed by atoms with Crippen LogP contribution in [0.5, 0.6) is 5.75 Å². The number of pyridine rings is 1. The smallest absolute Gasteiger partial charge is 0.272 e. The van der Waals surface area contributed by atoms with E-state index >= 15 is 0 Å². The Hall–Kier alpha value is -3.93. The van der Waals surface area contributed by atoms with Crippen LogP contribution in [0, 0.1) is 0 Å². The maximum Gasteiger partial charge on any atom is 0.272 e. The Bertz CT molecular complexity index is 953. The van der Waals surface area contributed by atoms with Crippen molar-refractivity contribution in [1.29, 1.82) is 0 Å². The van der Waals surface area contributed by atoms with Crippen molar-refractivity contribution in [2.75, 3.05) is 5.32 Å². The molecule has 27 heavy (non-hydrogen) atoms. The molecule has 1 heterocycles. The van der Waals surface area contributed by atoms with Gasteiger partial charge in [-0.3, -0.25) is 14.6 Å². The normalized spacial score (nSPS) is 10.9. The molecule has 6 nitrogen and oxygen atoms in total. The SMILES string of the molecule is O=C(Nc1ccc(O)cc1)C(=Cc1cccnc1)NC(=O)c1ccccc1. The zero-order valence-electron chi connectivity index (χ0n) is 14.3. The number of benzene rings is 2. The van der Waals surface area contributed by atoms with Crippen molar-refractivity contribution >= 4 is 23.6 Å². The topological polar surface area (TPSA) is 91.3 Å². The van der Waals surface area contributed by atoms with Crippen LogP contribution in [0.1, 0.15) is 15.9 Å². The molecule has 0 saturated carbocycles. The van der Waals surface area contributed by atoms with E-state index in [4.69, 9.17) is 0 Å². The van der Waals surface area contributed by atoms with Gasteiger partial charge in [0.1, 0.15) is 11.4 Å². The molecule has 0 aliphatic rings. The minimum Gasteiger partial charge on any atom is -0.508 e. The molecule has 0 atom stereocenters. The number of nitrogens with zero attached hydrogens (tertiary/aromatic N) is 1. The average molecular weight is 359 g/mol. The standard InChI is InChI=1S/C21H17N3O3/c25-18-10-8-17(9-11-18)23-21(27)19(13-15-5-4-12-22-14-15)24-20(26)16-6-2-1-3-7-16/h1-14,25H,(H,23,27)(H,24,26). The van der Waals surface area contributed by atoms with Crippen LogP contribution in [0.25, 0.3) is 6.08 Å². The zero-order valence-corrected chi connectivity index (χ0v) is 14.3. The highest BCUT2D eigenvalue weighted by Crippen LogP contribution is 2.15. The number of carbonyl (C=O) groups is 2. The number of amides is 2. The molecular formula is C21H17N3O3. The van der Waals surface area contributed by atoms with Crippen molar-refractivity contribution in [3.63, 3.8) is 0 Å². The van der Waals surface area contributed by atoms with Gasteiger partial charge >= 0.3 is 0 Å². The third-order valence-corrected chi connectivity index (χ3v) is 3.65. The van der Waals surface area contributed by atoms with E-state index in [1.807, 2.05) is 0 Å². The Morgan fingerprint density at radius 1 is 0.926 bits per heavy atom. The van der Waals surface area contributed by atoms with Crippen molar-refractivity contribution in [2.24, 2.45) is 0 Å².